The highest BCUT2D eigenvalue weighted by Crippen LogP contribution is 2.27. The molecule has 1 fully saturated rings. The van der Waals surface area contributed by atoms with Gasteiger partial charge in [0.25, 0.3) is 5.69 Å². The molecule has 2 rings (SSSR count). The predicted molar refractivity (Wildman–Crippen MR) is 78.2 cm³/mol. The van der Waals surface area contributed by atoms with Crippen molar-refractivity contribution in [3.63, 3.8) is 0 Å². The summed E-state index contributed by atoms with van der Waals surface area (Å²) in [6.45, 7) is 2.81. The number of nitrogens with zero attached hydrogens (tertiary/aromatic N) is 2. The number of halogens is 1. The van der Waals surface area contributed by atoms with Crippen LogP contribution in [0.5, 0.6) is 0 Å². The van der Waals surface area contributed by atoms with Crippen molar-refractivity contribution < 1.29 is 4.92 Å². The molecular weight excluding hydrogens is 310 g/mol. The van der Waals surface area contributed by atoms with Gasteiger partial charge in [-0.3, -0.25) is 15.0 Å². The second kappa shape index (κ2) is 6.45. The molecule has 0 spiro atoms. The van der Waals surface area contributed by atoms with E-state index in [1.54, 1.807) is 12.1 Å². The molecule has 104 valence electrons. The van der Waals surface area contributed by atoms with E-state index >= 15 is 0 Å². The third kappa shape index (κ3) is 3.52. The van der Waals surface area contributed by atoms with Gasteiger partial charge in [0.15, 0.2) is 0 Å². The molecule has 1 aromatic carbocycles. The van der Waals surface area contributed by atoms with Gasteiger partial charge in [-0.2, -0.15) is 0 Å². The average molecular weight is 328 g/mol. The summed E-state index contributed by atoms with van der Waals surface area (Å²) in [5.74, 6) is 0. The smallest absolute Gasteiger partial charge is 0.283 e. The Balaban J connectivity index is 2.10. The SMILES string of the molecule is CNCC1CCCN1Cc1ccc(Br)c([N+](=O)[O-])c1. The third-order valence-corrected chi connectivity index (χ3v) is 4.20. The Bertz CT molecular complexity index is 467. The van der Waals surface area contributed by atoms with Gasteiger partial charge in [0.1, 0.15) is 0 Å². The number of rotatable bonds is 5. The van der Waals surface area contributed by atoms with Gasteiger partial charge < -0.3 is 5.32 Å². The molecule has 19 heavy (non-hydrogen) atoms. The molecule has 6 heteroatoms. The summed E-state index contributed by atoms with van der Waals surface area (Å²) in [5.41, 5.74) is 1.14. The molecule has 0 radical (unpaired) electrons. The Kier molecular flexibility index (Phi) is 4.90. The molecule has 0 aromatic heterocycles. The first kappa shape index (κ1) is 14.4. The van der Waals surface area contributed by atoms with Crippen LogP contribution in [0.25, 0.3) is 0 Å². The summed E-state index contributed by atoms with van der Waals surface area (Å²) in [6, 6.07) is 5.91. The van der Waals surface area contributed by atoms with Crippen LogP contribution in [0.2, 0.25) is 0 Å². The van der Waals surface area contributed by atoms with Crippen molar-refractivity contribution in [1.29, 1.82) is 0 Å². The Labute approximate surface area is 121 Å². The number of benzene rings is 1. The van der Waals surface area contributed by atoms with E-state index in [9.17, 15) is 10.1 Å². The molecular formula is C13H18BrN3O2. The van der Waals surface area contributed by atoms with E-state index in [4.69, 9.17) is 0 Å². The van der Waals surface area contributed by atoms with Crippen LogP contribution in [0, 0.1) is 10.1 Å². The molecule has 1 aromatic rings. The van der Waals surface area contributed by atoms with Gasteiger partial charge >= 0.3 is 0 Å². The normalized spacial score (nSPS) is 19.8. The lowest BCUT2D eigenvalue weighted by Gasteiger charge is -2.24. The number of likely N-dealkylation sites (tertiary alicyclic amines) is 1. The summed E-state index contributed by atoms with van der Waals surface area (Å²) in [5, 5.41) is 14.1. The zero-order chi connectivity index (χ0) is 13.8. The van der Waals surface area contributed by atoms with Crippen LogP contribution in [0.4, 0.5) is 5.69 Å². The van der Waals surface area contributed by atoms with Crippen molar-refractivity contribution in [3.8, 4) is 0 Å². The van der Waals surface area contributed by atoms with Crippen molar-refractivity contribution in [2.75, 3.05) is 20.1 Å². The maximum Gasteiger partial charge on any atom is 0.283 e. The third-order valence-electron chi connectivity index (χ3n) is 3.53. The molecule has 1 atom stereocenters. The minimum atomic E-state index is -0.345. The van der Waals surface area contributed by atoms with Crippen LogP contribution >= 0.6 is 15.9 Å². The summed E-state index contributed by atoms with van der Waals surface area (Å²) >= 11 is 3.22. The number of nitro benzene ring substituents is 1. The van der Waals surface area contributed by atoms with Gasteiger partial charge in [0.2, 0.25) is 0 Å². The Morgan fingerprint density at radius 3 is 3.05 bits per heavy atom. The van der Waals surface area contributed by atoms with Gasteiger partial charge in [-0.05, 0) is 54.0 Å². The predicted octanol–water partition coefficient (Wildman–Crippen LogP) is 2.54. The Morgan fingerprint density at radius 2 is 2.37 bits per heavy atom. The second-order valence-corrected chi connectivity index (χ2v) is 5.72. The van der Waals surface area contributed by atoms with E-state index in [0.717, 1.165) is 25.2 Å². The van der Waals surface area contributed by atoms with Gasteiger partial charge in [-0.15, -0.1) is 0 Å². The van der Waals surface area contributed by atoms with Crippen molar-refractivity contribution in [1.82, 2.24) is 10.2 Å². The molecule has 0 aliphatic carbocycles. The molecule has 0 saturated carbocycles. The largest absolute Gasteiger partial charge is 0.318 e. The summed E-state index contributed by atoms with van der Waals surface area (Å²) in [4.78, 5) is 13.0. The zero-order valence-corrected chi connectivity index (χ0v) is 12.5. The lowest BCUT2D eigenvalue weighted by atomic mass is 10.1. The maximum atomic E-state index is 10.9. The maximum absolute atomic E-state index is 10.9. The monoisotopic (exact) mass is 327 g/mol. The molecule has 1 saturated heterocycles. The first-order valence-electron chi connectivity index (χ1n) is 6.43. The topological polar surface area (TPSA) is 58.4 Å². The van der Waals surface area contributed by atoms with Gasteiger partial charge in [-0.25, -0.2) is 0 Å². The minimum absolute atomic E-state index is 0.141. The molecule has 1 heterocycles. The summed E-state index contributed by atoms with van der Waals surface area (Å²) < 4.78 is 0.537. The van der Waals surface area contributed by atoms with E-state index < -0.39 is 0 Å². The molecule has 1 aliphatic heterocycles. The van der Waals surface area contributed by atoms with E-state index in [2.05, 4.69) is 26.1 Å². The van der Waals surface area contributed by atoms with Crippen LogP contribution in [-0.2, 0) is 6.54 Å². The Hall–Kier alpha value is -0.980. The van der Waals surface area contributed by atoms with E-state index in [-0.39, 0.29) is 10.6 Å². The molecule has 1 N–H and O–H groups in total. The first-order valence-corrected chi connectivity index (χ1v) is 7.22. The molecule has 5 nitrogen and oxygen atoms in total. The highest BCUT2D eigenvalue weighted by Gasteiger charge is 2.24. The first-order chi connectivity index (χ1) is 9.11. The minimum Gasteiger partial charge on any atom is -0.318 e. The van der Waals surface area contributed by atoms with Crippen molar-refractivity contribution in [2.45, 2.75) is 25.4 Å². The molecule has 1 aliphatic rings. The zero-order valence-electron chi connectivity index (χ0n) is 10.9. The number of nitrogens with one attached hydrogen (secondary N) is 1. The fourth-order valence-electron chi connectivity index (χ4n) is 2.60. The summed E-state index contributed by atoms with van der Waals surface area (Å²) in [7, 11) is 1.96. The van der Waals surface area contributed by atoms with E-state index in [0.29, 0.717) is 10.5 Å². The van der Waals surface area contributed by atoms with E-state index in [1.807, 2.05) is 13.1 Å². The highest BCUT2D eigenvalue weighted by atomic mass is 79.9. The lowest BCUT2D eigenvalue weighted by Crippen LogP contribution is -2.36. The quantitative estimate of drug-likeness (QED) is 0.667. The van der Waals surface area contributed by atoms with Crippen molar-refractivity contribution in [3.05, 3.63) is 38.3 Å². The Morgan fingerprint density at radius 1 is 1.58 bits per heavy atom. The number of likely N-dealkylation sites (N-methyl/N-ethyl adjacent to an activating group) is 1. The number of hydrogen-bond acceptors (Lipinski definition) is 4. The van der Waals surface area contributed by atoms with Crippen LogP contribution < -0.4 is 5.32 Å². The second-order valence-electron chi connectivity index (χ2n) is 4.87. The fourth-order valence-corrected chi connectivity index (χ4v) is 2.99. The van der Waals surface area contributed by atoms with Crippen molar-refractivity contribution >= 4 is 21.6 Å². The fraction of sp³-hybridized carbons (Fsp3) is 0.538. The standard InChI is InChI=1S/C13H18BrN3O2/c1-15-8-11-3-2-6-16(11)9-10-4-5-12(14)13(7-10)17(18)19/h4-5,7,11,15H,2-3,6,8-9H2,1H3. The molecule has 0 amide bonds. The lowest BCUT2D eigenvalue weighted by molar-refractivity contribution is -0.385. The molecule has 1 unspecified atom stereocenters. The van der Waals surface area contributed by atoms with Crippen LogP contribution in [-0.4, -0.2) is 36.0 Å². The van der Waals surface area contributed by atoms with Gasteiger partial charge in [0.05, 0.1) is 9.40 Å². The summed E-state index contributed by atoms with van der Waals surface area (Å²) in [6.07, 6.45) is 2.39. The molecule has 0 bridgehead atoms. The average Bonchev–Trinajstić information content (AvgIpc) is 2.79. The van der Waals surface area contributed by atoms with Crippen LogP contribution in [0.1, 0.15) is 18.4 Å². The van der Waals surface area contributed by atoms with Gasteiger partial charge in [-0.1, -0.05) is 6.07 Å². The highest BCUT2D eigenvalue weighted by molar-refractivity contribution is 9.10. The number of hydrogen-bond donors (Lipinski definition) is 1. The van der Waals surface area contributed by atoms with Crippen LogP contribution in [0.15, 0.2) is 22.7 Å². The van der Waals surface area contributed by atoms with Gasteiger partial charge in [0, 0.05) is 25.2 Å². The van der Waals surface area contributed by atoms with Crippen LogP contribution in [0.3, 0.4) is 0 Å². The van der Waals surface area contributed by atoms with Crippen molar-refractivity contribution in [2.24, 2.45) is 0 Å². The van der Waals surface area contributed by atoms with E-state index in [1.165, 1.54) is 12.8 Å². The number of nitro groups is 1.